The highest BCUT2D eigenvalue weighted by atomic mass is 35.5. The molecule has 33 heavy (non-hydrogen) atoms. The number of halogens is 4. The molecule has 174 valence electrons. The van der Waals surface area contributed by atoms with Crippen LogP contribution in [0.3, 0.4) is 0 Å². The Morgan fingerprint density at radius 3 is 2.39 bits per heavy atom. The number of benzene rings is 2. The second-order valence-corrected chi connectivity index (χ2v) is 8.16. The minimum Gasteiger partial charge on any atom is -0.406 e. The van der Waals surface area contributed by atoms with Gasteiger partial charge < -0.3 is 14.6 Å². The number of carbonyl (C=O) groups excluding carboxylic acids is 2. The van der Waals surface area contributed by atoms with Crippen molar-refractivity contribution in [2.24, 2.45) is 4.99 Å². The van der Waals surface area contributed by atoms with Gasteiger partial charge in [0, 0.05) is 36.0 Å². The Balaban J connectivity index is 1.93. The van der Waals surface area contributed by atoms with Gasteiger partial charge in [0.25, 0.3) is 5.91 Å². The molecule has 0 aliphatic heterocycles. The first-order valence-corrected chi connectivity index (χ1v) is 11.0. The van der Waals surface area contributed by atoms with Gasteiger partial charge in [0.2, 0.25) is 5.91 Å². The maximum Gasteiger partial charge on any atom is 0.573 e. The first-order chi connectivity index (χ1) is 15.6. The molecular formula is C22H19ClF3N3O3S. The van der Waals surface area contributed by atoms with Crippen LogP contribution >= 0.6 is 22.9 Å². The van der Waals surface area contributed by atoms with Crippen molar-refractivity contribution < 1.29 is 27.5 Å². The van der Waals surface area contributed by atoms with Crippen LogP contribution in [0.1, 0.15) is 23.7 Å². The van der Waals surface area contributed by atoms with Crippen LogP contribution in [0.5, 0.6) is 5.75 Å². The van der Waals surface area contributed by atoms with E-state index in [0.29, 0.717) is 46.2 Å². The van der Waals surface area contributed by atoms with Gasteiger partial charge in [-0.1, -0.05) is 11.6 Å². The highest BCUT2D eigenvalue weighted by Gasteiger charge is 2.31. The van der Waals surface area contributed by atoms with E-state index in [1.165, 1.54) is 42.5 Å². The van der Waals surface area contributed by atoms with Gasteiger partial charge in [-0.3, -0.25) is 9.59 Å². The molecule has 3 aromatic rings. The Labute approximate surface area is 196 Å². The summed E-state index contributed by atoms with van der Waals surface area (Å²) in [6, 6.07) is 11.8. The lowest BCUT2D eigenvalue weighted by Crippen LogP contribution is -2.24. The van der Waals surface area contributed by atoms with Crippen molar-refractivity contribution in [3.63, 3.8) is 0 Å². The predicted octanol–water partition coefficient (Wildman–Crippen LogP) is 5.04. The molecule has 0 aliphatic carbocycles. The molecule has 0 unspecified atom stereocenters. The summed E-state index contributed by atoms with van der Waals surface area (Å²) < 4.78 is 43.0. The first-order valence-electron chi connectivity index (χ1n) is 9.76. The summed E-state index contributed by atoms with van der Waals surface area (Å²) >= 11 is 7.09. The maximum absolute atomic E-state index is 12.6. The minimum absolute atomic E-state index is 0.159. The Morgan fingerprint density at radius 1 is 1.12 bits per heavy atom. The van der Waals surface area contributed by atoms with Gasteiger partial charge in [-0.15, -0.1) is 24.5 Å². The van der Waals surface area contributed by atoms with E-state index in [0.717, 1.165) is 0 Å². The van der Waals surface area contributed by atoms with Crippen molar-refractivity contribution in [3.8, 4) is 17.0 Å². The zero-order chi connectivity index (χ0) is 24.0. The lowest BCUT2D eigenvalue weighted by atomic mass is 10.1. The molecule has 1 aromatic heterocycles. The number of carbonyl (C=O) groups is 2. The van der Waals surface area contributed by atoms with Crippen molar-refractivity contribution in [1.29, 1.82) is 0 Å². The monoisotopic (exact) mass is 497 g/mol. The van der Waals surface area contributed by atoms with E-state index in [1.54, 1.807) is 34.2 Å². The normalized spacial score (nSPS) is 12.0. The second-order valence-electron chi connectivity index (χ2n) is 6.89. The van der Waals surface area contributed by atoms with E-state index in [9.17, 15) is 22.8 Å². The largest absolute Gasteiger partial charge is 0.573 e. The van der Waals surface area contributed by atoms with Gasteiger partial charge in [0.1, 0.15) is 5.75 Å². The lowest BCUT2D eigenvalue weighted by Gasteiger charge is -2.11. The number of thiazole rings is 1. The van der Waals surface area contributed by atoms with E-state index in [-0.39, 0.29) is 11.7 Å². The molecule has 1 N–H and O–H groups in total. The average Bonchev–Trinajstić information content (AvgIpc) is 3.13. The highest BCUT2D eigenvalue weighted by molar-refractivity contribution is 7.07. The number of ether oxygens (including phenoxy) is 1. The van der Waals surface area contributed by atoms with Crippen LogP contribution in [0, 0.1) is 0 Å². The number of amides is 2. The summed E-state index contributed by atoms with van der Waals surface area (Å²) in [6.07, 6.45) is -4.22. The summed E-state index contributed by atoms with van der Waals surface area (Å²) in [4.78, 5) is 28.4. The number of nitrogens with one attached hydrogen (secondary N) is 1. The predicted molar refractivity (Wildman–Crippen MR) is 119 cm³/mol. The van der Waals surface area contributed by atoms with Crippen LogP contribution in [0.2, 0.25) is 5.02 Å². The molecule has 0 bridgehead atoms. The Morgan fingerprint density at radius 2 is 1.79 bits per heavy atom. The Kier molecular flexibility index (Phi) is 7.93. The highest BCUT2D eigenvalue weighted by Crippen LogP contribution is 2.27. The van der Waals surface area contributed by atoms with E-state index in [1.807, 2.05) is 0 Å². The van der Waals surface area contributed by atoms with E-state index in [4.69, 9.17) is 11.6 Å². The number of nitrogens with zero attached hydrogens (tertiary/aromatic N) is 2. The van der Waals surface area contributed by atoms with Crippen LogP contribution in [0.15, 0.2) is 58.9 Å². The quantitative estimate of drug-likeness (QED) is 0.465. The topological polar surface area (TPSA) is 72.7 Å². The fraction of sp³-hybridized carbons (Fsp3) is 0.227. The van der Waals surface area contributed by atoms with Gasteiger partial charge in [0.15, 0.2) is 4.80 Å². The third kappa shape index (κ3) is 7.19. The molecule has 11 heteroatoms. The van der Waals surface area contributed by atoms with Gasteiger partial charge in [0.05, 0.1) is 5.69 Å². The van der Waals surface area contributed by atoms with Crippen LogP contribution in [-0.4, -0.2) is 29.3 Å². The standard InChI is InChI=1S/C22H19ClF3N3O3S/c1-14(30)27-11-2-12-29-19(15-5-9-18(10-6-15)32-22(24,25)26)13-33-21(29)28-20(31)16-3-7-17(23)8-4-16/h3-10,13H,2,11-12H2,1H3,(H,27,30)/b28-21-. The smallest absolute Gasteiger partial charge is 0.406 e. The maximum atomic E-state index is 12.6. The molecule has 1 heterocycles. The minimum atomic E-state index is -4.78. The molecule has 0 radical (unpaired) electrons. The number of rotatable bonds is 7. The van der Waals surface area contributed by atoms with Crippen LogP contribution in [-0.2, 0) is 11.3 Å². The molecule has 0 fully saturated rings. The first kappa shape index (κ1) is 24.5. The summed E-state index contributed by atoms with van der Waals surface area (Å²) in [5.74, 6) is -0.945. The van der Waals surface area contributed by atoms with Crippen LogP contribution in [0.25, 0.3) is 11.3 Å². The van der Waals surface area contributed by atoms with Crippen LogP contribution < -0.4 is 14.9 Å². The third-order valence-electron chi connectivity index (χ3n) is 4.40. The van der Waals surface area contributed by atoms with Crippen molar-refractivity contribution in [3.05, 3.63) is 69.3 Å². The molecule has 0 spiro atoms. The second kappa shape index (κ2) is 10.7. The molecule has 6 nitrogen and oxygen atoms in total. The molecule has 2 aromatic carbocycles. The fourth-order valence-electron chi connectivity index (χ4n) is 2.94. The van der Waals surface area contributed by atoms with Crippen molar-refractivity contribution in [2.45, 2.75) is 26.3 Å². The van der Waals surface area contributed by atoms with Gasteiger partial charge >= 0.3 is 6.36 Å². The molecule has 0 saturated carbocycles. The van der Waals surface area contributed by atoms with Crippen molar-refractivity contribution in [2.75, 3.05) is 6.54 Å². The summed E-state index contributed by atoms with van der Waals surface area (Å²) in [5.41, 5.74) is 1.66. The van der Waals surface area contributed by atoms with E-state index in [2.05, 4.69) is 15.0 Å². The number of hydrogen-bond donors (Lipinski definition) is 1. The van der Waals surface area contributed by atoms with Gasteiger partial charge in [-0.25, -0.2) is 0 Å². The lowest BCUT2D eigenvalue weighted by molar-refractivity contribution is -0.274. The Hall–Kier alpha value is -3.11. The van der Waals surface area contributed by atoms with Crippen molar-refractivity contribution >= 4 is 34.8 Å². The van der Waals surface area contributed by atoms with E-state index < -0.39 is 12.3 Å². The third-order valence-corrected chi connectivity index (χ3v) is 5.52. The fourth-order valence-corrected chi connectivity index (χ4v) is 4.00. The summed E-state index contributed by atoms with van der Waals surface area (Å²) in [6.45, 7) is 2.26. The SMILES string of the molecule is CC(=O)NCCCn1c(-c2ccc(OC(F)(F)F)cc2)cs/c1=N\C(=O)c1ccc(Cl)cc1. The summed E-state index contributed by atoms with van der Waals surface area (Å²) in [5, 5.41) is 4.97. The number of alkyl halides is 3. The molecule has 2 amide bonds. The molecular weight excluding hydrogens is 479 g/mol. The zero-order valence-electron chi connectivity index (χ0n) is 17.4. The van der Waals surface area contributed by atoms with Gasteiger partial charge in [-0.05, 0) is 60.5 Å². The molecule has 3 rings (SSSR count). The molecule has 0 saturated heterocycles. The van der Waals surface area contributed by atoms with Gasteiger partial charge in [-0.2, -0.15) is 4.99 Å². The molecule has 0 atom stereocenters. The number of aromatic nitrogens is 1. The van der Waals surface area contributed by atoms with Crippen molar-refractivity contribution in [1.82, 2.24) is 9.88 Å². The zero-order valence-corrected chi connectivity index (χ0v) is 18.9. The molecule has 0 aliphatic rings. The average molecular weight is 498 g/mol. The van der Waals surface area contributed by atoms with E-state index >= 15 is 0 Å². The van der Waals surface area contributed by atoms with Crippen LogP contribution in [0.4, 0.5) is 13.2 Å². The summed E-state index contributed by atoms with van der Waals surface area (Å²) in [7, 11) is 0. The number of hydrogen-bond acceptors (Lipinski definition) is 4. The Bertz CT molecular complexity index is 1190.